The number of aromatic nitrogens is 2. The van der Waals surface area contributed by atoms with E-state index in [9.17, 15) is 9.59 Å². The molecule has 4 rings (SSSR count). The van der Waals surface area contributed by atoms with Gasteiger partial charge in [-0.1, -0.05) is 65.8 Å². The number of amides is 1. The molecule has 0 atom stereocenters. The minimum atomic E-state index is -0.207. The summed E-state index contributed by atoms with van der Waals surface area (Å²) in [7, 11) is 0. The second-order valence-electron chi connectivity index (χ2n) is 6.46. The molecule has 0 aliphatic carbocycles. The largest absolute Gasteiger partial charge is 0.324 e. The summed E-state index contributed by atoms with van der Waals surface area (Å²) in [6.07, 6.45) is 0. The molecule has 30 heavy (non-hydrogen) atoms. The number of hydrogen-bond acceptors (Lipinski definition) is 5. The quantitative estimate of drug-likeness (QED) is 0.306. The molecular formula is C22H18ClN3O2S2. The Hall–Kier alpha value is -2.61. The Bertz CT molecular complexity index is 1270. The highest BCUT2D eigenvalue weighted by Crippen LogP contribution is 2.32. The van der Waals surface area contributed by atoms with Crippen LogP contribution in [0.25, 0.3) is 21.3 Å². The number of thioether (sulfide) groups is 1. The van der Waals surface area contributed by atoms with Crippen molar-refractivity contribution in [2.45, 2.75) is 18.6 Å². The highest BCUT2D eigenvalue weighted by atomic mass is 35.5. The van der Waals surface area contributed by atoms with Crippen LogP contribution in [0.1, 0.15) is 6.92 Å². The number of nitrogens with zero attached hydrogens (tertiary/aromatic N) is 2. The van der Waals surface area contributed by atoms with Gasteiger partial charge in [0.05, 0.1) is 21.8 Å². The first-order valence-electron chi connectivity index (χ1n) is 9.33. The van der Waals surface area contributed by atoms with Crippen LogP contribution < -0.4 is 10.9 Å². The molecule has 2 aromatic carbocycles. The Labute approximate surface area is 186 Å². The van der Waals surface area contributed by atoms with Gasteiger partial charge < -0.3 is 5.32 Å². The van der Waals surface area contributed by atoms with Crippen LogP contribution in [0.5, 0.6) is 0 Å². The maximum absolute atomic E-state index is 13.2. The average molecular weight is 456 g/mol. The lowest BCUT2D eigenvalue weighted by Gasteiger charge is -2.11. The number of halogens is 1. The molecule has 4 aromatic rings. The standard InChI is InChI=1S/C22H18ClN3O2S2/c1-2-26-21(28)19-15(14-8-4-3-5-9-14)12-29-20(19)25-22(26)30-13-18(27)24-17-11-7-6-10-16(17)23/h3-12H,2,13H2,1H3,(H,24,27). The SMILES string of the molecule is CCn1c(SCC(=O)Nc2ccccc2Cl)nc2scc(-c3ccccc3)c2c1=O. The minimum Gasteiger partial charge on any atom is -0.324 e. The molecule has 0 saturated carbocycles. The van der Waals surface area contributed by atoms with Gasteiger partial charge in [-0.3, -0.25) is 14.2 Å². The van der Waals surface area contributed by atoms with E-state index in [1.165, 1.54) is 23.1 Å². The minimum absolute atomic E-state index is 0.0865. The molecule has 5 nitrogen and oxygen atoms in total. The van der Waals surface area contributed by atoms with Gasteiger partial charge in [0.2, 0.25) is 5.91 Å². The van der Waals surface area contributed by atoms with E-state index in [1.54, 1.807) is 28.8 Å². The number of carbonyl (C=O) groups is 1. The van der Waals surface area contributed by atoms with E-state index in [4.69, 9.17) is 11.6 Å². The lowest BCUT2D eigenvalue weighted by Crippen LogP contribution is -2.23. The van der Waals surface area contributed by atoms with Crippen molar-refractivity contribution in [3.63, 3.8) is 0 Å². The average Bonchev–Trinajstić information content (AvgIpc) is 3.19. The van der Waals surface area contributed by atoms with Crippen molar-refractivity contribution in [2.24, 2.45) is 0 Å². The summed E-state index contributed by atoms with van der Waals surface area (Å²) in [5.41, 5.74) is 2.36. The molecule has 0 radical (unpaired) electrons. The molecule has 1 N–H and O–H groups in total. The van der Waals surface area contributed by atoms with E-state index < -0.39 is 0 Å². The molecule has 2 heterocycles. The lowest BCUT2D eigenvalue weighted by atomic mass is 10.1. The summed E-state index contributed by atoms with van der Waals surface area (Å²) in [5, 5.41) is 6.39. The zero-order valence-electron chi connectivity index (χ0n) is 16.1. The zero-order chi connectivity index (χ0) is 21.1. The summed E-state index contributed by atoms with van der Waals surface area (Å²) in [6, 6.07) is 16.9. The Balaban J connectivity index is 1.61. The Morgan fingerprint density at radius 2 is 1.90 bits per heavy atom. The van der Waals surface area contributed by atoms with Crippen LogP contribution in [0.2, 0.25) is 5.02 Å². The summed E-state index contributed by atoms with van der Waals surface area (Å²) < 4.78 is 1.62. The maximum Gasteiger partial charge on any atom is 0.263 e. The molecule has 0 aliphatic rings. The summed E-state index contributed by atoms with van der Waals surface area (Å²) in [5.74, 6) is -0.0821. The second-order valence-corrected chi connectivity index (χ2v) is 8.66. The van der Waals surface area contributed by atoms with Crippen molar-refractivity contribution in [3.05, 3.63) is 75.4 Å². The molecule has 1 amide bonds. The molecule has 0 saturated heterocycles. The van der Waals surface area contributed by atoms with Crippen LogP contribution in [-0.4, -0.2) is 21.2 Å². The zero-order valence-corrected chi connectivity index (χ0v) is 18.5. The van der Waals surface area contributed by atoms with Gasteiger partial charge in [0.15, 0.2) is 5.16 Å². The van der Waals surface area contributed by atoms with Gasteiger partial charge in [0.25, 0.3) is 5.56 Å². The molecule has 0 unspecified atom stereocenters. The summed E-state index contributed by atoms with van der Waals surface area (Å²) >= 11 is 8.78. The molecule has 152 valence electrons. The number of carbonyl (C=O) groups excluding carboxylic acids is 1. The van der Waals surface area contributed by atoms with E-state index >= 15 is 0 Å². The van der Waals surface area contributed by atoms with Crippen LogP contribution >= 0.6 is 34.7 Å². The van der Waals surface area contributed by atoms with Crippen LogP contribution in [0.4, 0.5) is 5.69 Å². The smallest absolute Gasteiger partial charge is 0.263 e. The predicted octanol–water partition coefficient (Wildman–Crippen LogP) is 5.53. The second kappa shape index (κ2) is 9.04. The van der Waals surface area contributed by atoms with Crippen LogP contribution in [0.3, 0.4) is 0 Å². The number of thiophene rings is 1. The third-order valence-electron chi connectivity index (χ3n) is 4.54. The first-order chi connectivity index (χ1) is 14.6. The Morgan fingerprint density at radius 1 is 1.17 bits per heavy atom. The maximum atomic E-state index is 13.2. The van der Waals surface area contributed by atoms with Crippen LogP contribution in [-0.2, 0) is 11.3 Å². The highest BCUT2D eigenvalue weighted by molar-refractivity contribution is 7.99. The number of nitrogens with one attached hydrogen (secondary N) is 1. The molecule has 0 fully saturated rings. The van der Waals surface area contributed by atoms with Gasteiger partial charge in [-0.15, -0.1) is 11.3 Å². The number of para-hydroxylation sites is 1. The molecule has 2 aromatic heterocycles. The van der Waals surface area contributed by atoms with E-state index in [-0.39, 0.29) is 17.2 Å². The van der Waals surface area contributed by atoms with Crippen molar-refractivity contribution in [1.29, 1.82) is 0 Å². The molecular weight excluding hydrogens is 438 g/mol. The number of hydrogen-bond donors (Lipinski definition) is 1. The number of anilines is 1. The van der Waals surface area contributed by atoms with Crippen molar-refractivity contribution in [2.75, 3.05) is 11.1 Å². The topological polar surface area (TPSA) is 64.0 Å². The van der Waals surface area contributed by atoms with Gasteiger partial charge in [-0.05, 0) is 24.6 Å². The van der Waals surface area contributed by atoms with Gasteiger partial charge in [-0.2, -0.15) is 0 Å². The normalized spacial score (nSPS) is 11.0. The number of rotatable bonds is 6. The van der Waals surface area contributed by atoms with Crippen LogP contribution in [0.15, 0.2) is 69.9 Å². The van der Waals surface area contributed by atoms with Crippen molar-refractivity contribution in [1.82, 2.24) is 9.55 Å². The van der Waals surface area contributed by atoms with E-state index in [2.05, 4.69) is 10.3 Å². The Kier molecular flexibility index (Phi) is 6.22. The van der Waals surface area contributed by atoms with E-state index in [0.29, 0.717) is 32.6 Å². The Morgan fingerprint density at radius 3 is 2.63 bits per heavy atom. The van der Waals surface area contributed by atoms with Crippen molar-refractivity contribution < 1.29 is 4.79 Å². The fourth-order valence-corrected chi connectivity index (χ4v) is 5.14. The lowest BCUT2D eigenvalue weighted by molar-refractivity contribution is -0.113. The van der Waals surface area contributed by atoms with Gasteiger partial charge in [-0.25, -0.2) is 4.98 Å². The van der Waals surface area contributed by atoms with Crippen molar-refractivity contribution in [3.8, 4) is 11.1 Å². The monoisotopic (exact) mass is 455 g/mol. The first kappa shape index (κ1) is 20.7. The fourth-order valence-electron chi connectivity index (χ4n) is 3.10. The molecule has 0 spiro atoms. The van der Waals surface area contributed by atoms with E-state index in [0.717, 1.165) is 11.1 Å². The third-order valence-corrected chi connectivity index (χ3v) is 6.72. The molecule has 0 bridgehead atoms. The van der Waals surface area contributed by atoms with E-state index in [1.807, 2.05) is 42.6 Å². The fraction of sp³-hybridized carbons (Fsp3) is 0.136. The summed E-state index contributed by atoms with van der Waals surface area (Å²) in [6.45, 7) is 2.37. The van der Waals surface area contributed by atoms with Crippen LogP contribution in [0, 0.1) is 0 Å². The molecule has 8 heteroatoms. The van der Waals surface area contributed by atoms with Gasteiger partial charge in [0.1, 0.15) is 4.83 Å². The van der Waals surface area contributed by atoms with Gasteiger partial charge >= 0.3 is 0 Å². The number of benzene rings is 2. The van der Waals surface area contributed by atoms with Crippen molar-refractivity contribution >= 4 is 56.5 Å². The first-order valence-corrected chi connectivity index (χ1v) is 11.6. The summed E-state index contributed by atoms with van der Waals surface area (Å²) in [4.78, 5) is 31.0. The molecule has 0 aliphatic heterocycles. The van der Waals surface area contributed by atoms with Gasteiger partial charge in [0, 0.05) is 17.5 Å². The highest BCUT2D eigenvalue weighted by Gasteiger charge is 2.17. The third kappa shape index (κ3) is 4.14. The number of fused-ring (bicyclic) bond motifs is 1. The predicted molar refractivity (Wildman–Crippen MR) is 126 cm³/mol.